The number of hydrogen-bond acceptors (Lipinski definition) is 6. The van der Waals surface area contributed by atoms with Gasteiger partial charge in [-0.05, 0) is 43.2 Å². The van der Waals surface area contributed by atoms with Crippen molar-refractivity contribution >= 4 is 26.7 Å². The lowest BCUT2D eigenvalue weighted by Gasteiger charge is -2.12. The van der Waals surface area contributed by atoms with Crippen molar-refractivity contribution in [2.45, 2.75) is 26.3 Å². The minimum absolute atomic E-state index is 0.0253. The second-order valence-electron chi connectivity index (χ2n) is 6.16. The van der Waals surface area contributed by atoms with Crippen LogP contribution < -0.4 is 10.9 Å². The number of aromatic hydroxyl groups is 1. The number of sulfone groups is 1. The third-order valence-electron chi connectivity index (χ3n) is 4.12. The molecule has 0 fully saturated rings. The van der Waals surface area contributed by atoms with E-state index in [-0.39, 0.29) is 29.1 Å². The normalized spacial score (nSPS) is 18.6. The largest absolute Gasteiger partial charge is 0.507 e. The molecule has 1 atom stereocenters. The minimum atomic E-state index is -3.28. The van der Waals surface area contributed by atoms with E-state index in [4.69, 9.17) is 4.42 Å². The van der Waals surface area contributed by atoms with Crippen molar-refractivity contribution in [3.8, 4) is 5.75 Å². The van der Waals surface area contributed by atoms with E-state index in [1.807, 2.05) is 0 Å². The van der Waals surface area contributed by atoms with E-state index in [9.17, 15) is 23.1 Å². The number of phenolic OH excluding ortho intramolecular Hbond substituents is 1. The lowest BCUT2D eigenvalue weighted by molar-refractivity contribution is -0.120. The van der Waals surface area contributed by atoms with Crippen LogP contribution in [0.1, 0.15) is 16.7 Å². The summed E-state index contributed by atoms with van der Waals surface area (Å²) in [5.41, 5.74) is 0.948. The van der Waals surface area contributed by atoms with Crippen LogP contribution in [0.4, 0.5) is 0 Å². The highest BCUT2D eigenvalue weighted by atomic mass is 32.2. The van der Waals surface area contributed by atoms with E-state index in [0.29, 0.717) is 10.9 Å². The molecule has 0 spiro atoms. The number of carbonyl (C=O) groups excluding carboxylic acids is 1. The molecule has 0 saturated heterocycles. The number of carbonyl (C=O) groups is 1. The van der Waals surface area contributed by atoms with E-state index in [1.165, 1.54) is 6.08 Å². The third kappa shape index (κ3) is 3.43. The lowest BCUT2D eigenvalue weighted by atomic mass is 10.0. The topological polar surface area (TPSA) is 114 Å². The number of hydrogen-bond donors (Lipinski definition) is 2. The van der Waals surface area contributed by atoms with Gasteiger partial charge in [0, 0.05) is 5.41 Å². The van der Waals surface area contributed by atoms with Crippen LogP contribution in [-0.4, -0.2) is 31.2 Å². The second kappa shape index (κ2) is 6.03. The summed E-state index contributed by atoms with van der Waals surface area (Å²) in [6, 6.07) is 2.58. The first kappa shape index (κ1) is 17.2. The predicted octanol–water partition coefficient (Wildman–Crippen LogP) is 1.08. The first-order valence-electron chi connectivity index (χ1n) is 7.62. The van der Waals surface area contributed by atoms with Crippen LogP contribution in [0.2, 0.25) is 0 Å². The van der Waals surface area contributed by atoms with Crippen LogP contribution in [0.5, 0.6) is 5.75 Å². The molecule has 0 unspecified atom stereocenters. The first-order chi connectivity index (χ1) is 11.7. The Hall–Kier alpha value is -2.61. The Bertz CT molecular complexity index is 1060. The molecule has 3 rings (SSSR count). The summed E-state index contributed by atoms with van der Waals surface area (Å²) in [5, 5.41) is 14.1. The molecule has 0 radical (unpaired) electrons. The molecule has 0 bridgehead atoms. The summed E-state index contributed by atoms with van der Waals surface area (Å²) in [6.45, 7) is 3.40. The van der Waals surface area contributed by atoms with Crippen LogP contribution in [0.3, 0.4) is 0 Å². The van der Waals surface area contributed by atoms with Gasteiger partial charge in [0.2, 0.25) is 5.91 Å². The molecule has 1 aliphatic heterocycles. The summed E-state index contributed by atoms with van der Waals surface area (Å²) in [5.74, 6) is -0.708. The van der Waals surface area contributed by atoms with Crippen LogP contribution in [0.15, 0.2) is 32.8 Å². The third-order valence-corrected chi connectivity index (χ3v) is 5.51. The van der Waals surface area contributed by atoms with Gasteiger partial charge in [0.05, 0.1) is 29.2 Å². The van der Waals surface area contributed by atoms with Crippen LogP contribution in [0.25, 0.3) is 11.0 Å². The standard InChI is InChI=1S/C17H17NO6S/c1-9-5-13(19)16-10(2)12(17(21)24-14(16)6-9)7-15(20)18-11-3-4-25(22,23)8-11/h3-6,11,19H,7-8H2,1-2H3,(H,18,20)/t11-/m1/s1. The summed E-state index contributed by atoms with van der Waals surface area (Å²) in [6.07, 6.45) is 1.14. The molecule has 1 aromatic heterocycles. The van der Waals surface area contributed by atoms with Gasteiger partial charge in [0.15, 0.2) is 9.84 Å². The molecule has 132 valence electrons. The maximum Gasteiger partial charge on any atom is 0.340 e. The molecule has 1 aliphatic rings. The van der Waals surface area contributed by atoms with E-state index in [2.05, 4.69) is 5.32 Å². The molecule has 1 aromatic carbocycles. The van der Waals surface area contributed by atoms with Crippen molar-refractivity contribution in [2.75, 3.05) is 5.75 Å². The molecule has 2 heterocycles. The van der Waals surface area contributed by atoms with Gasteiger partial charge < -0.3 is 14.8 Å². The molecule has 0 saturated carbocycles. The van der Waals surface area contributed by atoms with Gasteiger partial charge >= 0.3 is 5.63 Å². The van der Waals surface area contributed by atoms with E-state index in [1.54, 1.807) is 26.0 Å². The highest BCUT2D eigenvalue weighted by molar-refractivity contribution is 7.94. The quantitative estimate of drug-likeness (QED) is 0.789. The zero-order chi connectivity index (χ0) is 18.4. The van der Waals surface area contributed by atoms with Crippen molar-refractivity contribution in [3.05, 3.63) is 50.7 Å². The van der Waals surface area contributed by atoms with Gasteiger partial charge in [-0.2, -0.15) is 0 Å². The number of phenols is 1. The molecule has 2 N–H and O–H groups in total. The monoisotopic (exact) mass is 363 g/mol. The molecule has 2 aromatic rings. The van der Waals surface area contributed by atoms with E-state index in [0.717, 1.165) is 11.0 Å². The fourth-order valence-corrected chi connectivity index (χ4v) is 4.18. The maximum absolute atomic E-state index is 12.2. The molecule has 1 amide bonds. The summed E-state index contributed by atoms with van der Waals surface area (Å²) < 4.78 is 28.0. The Morgan fingerprint density at radius 2 is 2.08 bits per heavy atom. The van der Waals surface area contributed by atoms with Gasteiger partial charge in [0.25, 0.3) is 0 Å². The molecule has 8 heteroatoms. The number of rotatable bonds is 3. The molecule has 25 heavy (non-hydrogen) atoms. The molecular weight excluding hydrogens is 346 g/mol. The summed E-state index contributed by atoms with van der Waals surface area (Å²) >= 11 is 0. The minimum Gasteiger partial charge on any atom is -0.507 e. The number of nitrogens with one attached hydrogen (secondary N) is 1. The van der Waals surface area contributed by atoms with Crippen LogP contribution >= 0.6 is 0 Å². The van der Waals surface area contributed by atoms with Crippen LogP contribution in [-0.2, 0) is 21.1 Å². The predicted molar refractivity (Wildman–Crippen MR) is 92.2 cm³/mol. The molecule has 7 nitrogen and oxygen atoms in total. The van der Waals surface area contributed by atoms with Crippen LogP contribution in [0, 0.1) is 13.8 Å². The number of fused-ring (bicyclic) bond motifs is 1. The van der Waals surface area contributed by atoms with Gasteiger partial charge in [-0.25, -0.2) is 13.2 Å². The Kier molecular flexibility index (Phi) is 4.16. The molecule has 0 aliphatic carbocycles. The number of aryl methyl sites for hydroxylation is 2. The highest BCUT2D eigenvalue weighted by Gasteiger charge is 2.24. The summed E-state index contributed by atoms with van der Waals surface area (Å²) in [7, 11) is -3.28. The van der Waals surface area contributed by atoms with Crippen molar-refractivity contribution in [3.63, 3.8) is 0 Å². The average molecular weight is 363 g/mol. The van der Waals surface area contributed by atoms with Gasteiger partial charge in [-0.3, -0.25) is 4.79 Å². The molecular formula is C17H17NO6S. The second-order valence-corrected chi connectivity index (χ2v) is 8.09. The van der Waals surface area contributed by atoms with Crippen molar-refractivity contribution in [1.29, 1.82) is 0 Å². The van der Waals surface area contributed by atoms with Gasteiger partial charge in [-0.1, -0.05) is 0 Å². The highest BCUT2D eigenvalue weighted by Crippen LogP contribution is 2.29. The summed E-state index contributed by atoms with van der Waals surface area (Å²) in [4.78, 5) is 24.4. The van der Waals surface area contributed by atoms with E-state index >= 15 is 0 Å². The zero-order valence-electron chi connectivity index (χ0n) is 13.7. The van der Waals surface area contributed by atoms with Gasteiger partial charge in [-0.15, -0.1) is 0 Å². The smallest absolute Gasteiger partial charge is 0.340 e. The Morgan fingerprint density at radius 3 is 2.72 bits per heavy atom. The maximum atomic E-state index is 12.2. The van der Waals surface area contributed by atoms with Crippen molar-refractivity contribution in [2.24, 2.45) is 0 Å². The fraction of sp³-hybridized carbons (Fsp3) is 0.294. The zero-order valence-corrected chi connectivity index (χ0v) is 14.5. The SMILES string of the molecule is Cc1cc(O)c2c(C)c(CC(=O)N[C@@H]3C=CS(=O)(=O)C3)c(=O)oc2c1. The lowest BCUT2D eigenvalue weighted by Crippen LogP contribution is -2.37. The number of amides is 1. The Labute approximate surface area is 143 Å². The van der Waals surface area contributed by atoms with Crippen molar-refractivity contribution in [1.82, 2.24) is 5.32 Å². The van der Waals surface area contributed by atoms with Gasteiger partial charge in [0.1, 0.15) is 11.3 Å². The Balaban J connectivity index is 1.90. The fourth-order valence-electron chi connectivity index (χ4n) is 2.95. The average Bonchev–Trinajstić information content (AvgIpc) is 2.81. The van der Waals surface area contributed by atoms with E-state index < -0.39 is 27.4 Å². The number of benzene rings is 1. The first-order valence-corrected chi connectivity index (χ1v) is 9.34. The van der Waals surface area contributed by atoms with Crippen molar-refractivity contribution < 1.29 is 22.7 Å². The Morgan fingerprint density at radius 1 is 1.36 bits per heavy atom.